The van der Waals surface area contributed by atoms with Crippen LogP contribution in [-0.4, -0.2) is 51.2 Å². The summed E-state index contributed by atoms with van der Waals surface area (Å²) in [5, 5.41) is 14.0. The van der Waals surface area contributed by atoms with Crippen molar-refractivity contribution in [2.45, 2.75) is 76.5 Å². The summed E-state index contributed by atoms with van der Waals surface area (Å²) in [5.41, 5.74) is 8.78. The Labute approximate surface area is 127 Å². The number of hydrogen-bond acceptors (Lipinski definition) is 5. The molecule has 0 aromatic carbocycles. The molecule has 0 aromatic heterocycles. The van der Waals surface area contributed by atoms with Crippen molar-refractivity contribution in [1.29, 1.82) is 0 Å². The van der Waals surface area contributed by atoms with E-state index in [-0.39, 0.29) is 11.1 Å². The fourth-order valence-corrected chi connectivity index (χ4v) is 3.44. The van der Waals surface area contributed by atoms with Crippen LogP contribution >= 0.6 is 0 Å². The summed E-state index contributed by atoms with van der Waals surface area (Å²) in [6.45, 7) is 12.5. The number of methoxy groups -OCH3 is 1. The number of aliphatic hydroxyl groups excluding tert-OH is 1. The number of rotatable bonds is 4. The van der Waals surface area contributed by atoms with Crippen molar-refractivity contribution < 1.29 is 19.0 Å². The average molecular weight is 317 g/mol. The van der Waals surface area contributed by atoms with Gasteiger partial charge in [-0.05, 0) is 30.6 Å². The first-order chi connectivity index (χ1) is 9.55. The van der Waals surface area contributed by atoms with E-state index in [1.54, 1.807) is 0 Å². The Morgan fingerprint density at radius 1 is 1.33 bits per heavy atom. The van der Waals surface area contributed by atoms with Gasteiger partial charge in [-0.1, -0.05) is 25.9 Å². The molecule has 0 amide bonds. The third-order valence-electron chi connectivity index (χ3n) is 4.43. The van der Waals surface area contributed by atoms with Gasteiger partial charge >= 0.3 is 0 Å². The second-order valence-corrected chi connectivity index (χ2v) is 11.7. The third-order valence-corrected chi connectivity index (χ3v) is 8.90. The number of hydrogen-bond donors (Lipinski definition) is 1. The molecule has 1 N–H and O–H groups in total. The highest BCUT2D eigenvalue weighted by Crippen LogP contribution is 2.39. The molecule has 122 valence electrons. The zero-order chi connectivity index (χ0) is 16.4. The van der Waals surface area contributed by atoms with Crippen LogP contribution in [0.3, 0.4) is 0 Å². The van der Waals surface area contributed by atoms with E-state index in [9.17, 15) is 5.11 Å². The van der Waals surface area contributed by atoms with Gasteiger partial charge in [0.2, 0.25) is 0 Å². The van der Waals surface area contributed by atoms with Crippen LogP contribution in [0.15, 0.2) is 5.11 Å². The second-order valence-electron chi connectivity index (χ2n) is 6.97. The monoisotopic (exact) mass is 317 g/mol. The SMILES string of the molecule is CO[C@@H]1O[C@H](C)[C@@H](O[Si](C)(C)C(C)(C)C)[C@H](N=[N+]=[N-])[C@@H]1O. The molecule has 0 aliphatic carbocycles. The lowest BCUT2D eigenvalue weighted by atomic mass is 9.98. The first kappa shape index (κ1) is 18.4. The molecular formula is C13H27N3O4Si. The Bertz CT molecular complexity index is 407. The van der Waals surface area contributed by atoms with Crippen LogP contribution in [0.5, 0.6) is 0 Å². The van der Waals surface area contributed by atoms with Gasteiger partial charge in [-0.2, -0.15) is 0 Å². The molecule has 8 heteroatoms. The molecule has 0 radical (unpaired) electrons. The van der Waals surface area contributed by atoms with E-state index < -0.39 is 32.9 Å². The molecule has 7 nitrogen and oxygen atoms in total. The smallest absolute Gasteiger partial charge is 0.192 e. The molecule has 1 aliphatic heterocycles. The normalized spacial score (nSPS) is 34.4. The van der Waals surface area contributed by atoms with Crippen LogP contribution < -0.4 is 0 Å². The standard InChI is InChI=1S/C13H27N3O4Si/c1-8-11(20-21(6,7)13(2,3)4)9(15-16-14)10(17)12(18-5)19-8/h8-12,17H,1-7H3/t8-,9-,10+,11-,12-/m1/s1. The molecule has 0 bridgehead atoms. The fourth-order valence-electron chi connectivity index (χ4n) is 2.07. The maximum atomic E-state index is 10.3. The van der Waals surface area contributed by atoms with Crippen molar-refractivity contribution in [3.8, 4) is 0 Å². The maximum Gasteiger partial charge on any atom is 0.192 e. The van der Waals surface area contributed by atoms with Gasteiger partial charge in [0.25, 0.3) is 0 Å². The highest BCUT2D eigenvalue weighted by atomic mass is 28.4. The molecule has 5 atom stereocenters. The van der Waals surface area contributed by atoms with Gasteiger partial charge < -0.3 is 19.0 Å². The molecule has 1 aliphatic rings. The van der Waals surface area contributed by atoms with Crippen molar-refractivity contribution in [1.82, 2.24) is 0 Å². The summed E-state index contributed by atoms with van der Waals surface area (Å²) < 4.78 is 17.1. The van der Waals surface area contributed by atoms with Gasteiger partial charge in [0.05, 0.1) is 18.2 Å². The third kappa shape index (κ3) is 3.97. The van der Waals surface area contributed by atoms with E-state index in [4.69, 9.17) is 19.4 Å². The summed E-state index contributed by atoms with van der Waals surface area (Å²) in [6.07, 6.45) is -2.67. The van der Waals surface area contributed by atoms with E-state index in [0.717, 1.165) is 0 Å². The van der Waals surface area contributed by atoms with Crippen LogP contribution in [0.1, 0.15) is 27.7 Å². The van der Waals surface area contributed by atoms with Gasteiger partial charge in [-0.3, -0.25) is 0 Å². The first-order valence-electron chi connectivity index (χ1n) is 7.13. The van der Waals surface area contributed by atoms with Crippen molar-refractivity contribution in [2.75, 3.05) is 7.11 Å². The molecule has 21 heavy (non-hydrogen) atoms. The Balaban J connectivity index is 3.05. The molecule has 0 spiro atoms. The molecule has 0 saturated carbocycles. The molecule has 1 saturated heterocycles. The van der Waals surface area contributed by atoms with Gasteiger partial charge in [0.15, 0.2) is 14.6 Å². The number of nitrogens with zero attached hydrogens (tertiary/aromatic N) is 3. The van der Waals surface area contributed by atoms with Gasteiger partial charge in [-0.25, -0.2) is 0 Å². The van der Waals surface area contributed by atoms with Crippen LogP contribution in [0, 0.1) is 0 Å². The molecule has 1 heterocycles. The molecule has 1 rings (SSSR count). The van der Waals surface area contributed by atoms with E-state index >= 15 is 0 Å². The maximum absolute atomic E-state index is 10.3. The predicted molar refractivity (Wildman–Crippen MR) is 82.4 cm³/mol. The van der Waals surface area contributed by atoms with E-state index in [0.29, 0.717) is 0 Å². The van der Waals surface area contributed by atoms with Crippen LogP contribution in [-0.2, 0) is 13.9 Å². The number of ether oxygens (including phenoxy) is 2. The topological polar surface area (TPSA) is 96.7 Å². The lowest BCUT2D eigenvalue weighted by Gasteiger charge is -2.47. The summed E-state index contributed by atoms with van der Waals surface area (Å²) in [6, 6.07) is -0.724. The molecule has 0 aromatic rings. The van der Waals surface area contributed by atoms with E-state index in [1.807, 2.05) is 6.92 Å². The van der Waals surface area contributed by atoms with Crippen molar-refractivity contribution in [3.05, 3.63) is 10.4 Å². The van der Waals surface area contributed by atoms with E-state index in [2.05, 4.69) is 43.9 Å². The Morgan fingerprint density at radius 2 is 1.90 bits per heavy atom. The zero-order valence-electron chi connectivity index (χ0n) is 13.9. The Morgan fingerprint density at radius 3 is 2.33 bits per heavy atom. The predicted octanol–water partition coefficient (Wildman–Crippen LogP) is 2.81. The highest BCUT2D eigenvalue weighted by molar-refractivity contribution is 6.74. The lowest BCUT2D eigenvalue weighted by molar-refractivity contribution is -0.255. The first-order valence-corrected chi connectivity index (χ1v) is 10.0. The summed E-state index contributed by atoms with van der Waals surface area (Å²) >= 11 is 0. The summed E-state index contributed by atoms with van der Waals surface area (Å²) in [5.74, 6) is 0. The average Bonchev–Trinajstić information content (AvgIpc) is 2.36. The van der Waals surface area contributed by atoms with Crippen molar-refractivity contribution >= 4 is 8.32 Å². The molecule has 1 fully saturated rings. The minimum atomic E-state index is -2.08. The molecular weight excluding hydrogens is 290 g/mol. The van der Waals surface area contributed by atoms with Crippen molar-refractivity contribution in [3.63, 3.8) is 0 Å². The minimum absolute atomic E-state index is 0.0106. The minimum Gasteiger partial charge on any atom is -0.411 e. The summed E-state index contributed by atoms with van der Waals surface area (Å²) in [4.78, 5) is 2.84. The van der Waals surface area contributed by atoms with Gasteiger partial charge in [0.1, 0.15) is 6.10 Å². The highest BCUT2D eigenvalue weighted by Gasteiger charge is 2.48. The summed E-state index contributed by atoms with van der Waals surface area (Å²) in [7, 11) is -0.635. The fraction of sp³-hybridized carbons (Fsp3) is 1.00. The lowest BCUT2D eigenvalue weighted by Crippen LogP contribution is -2.60. The van der Waals surface area contributed by atoms with Gasteiger partial charge in [-0.15, -0.1) is 0 Å². The Hall–Kier alpha value is -0.633. The van der Waals surface area contributed by atoms with Crippen LogP contribution in [0.4, 0.5) is 0 Å². The molecule has 0 unspecified atom stereocenters. The second kappa shape index (κ2) is 6.64. The quantitative estimate of drug-likeness (QED) is 0.373. The van der Waals surface area contributed by atoms with Crippen LogP contribution in [0.25, 0.3) is 10.4 Å². The Kier molecular flexibility index (Phi) is 5.82. The van der Waals surface area contributed by atoms with E-state index in [1.165, 1.54) is 7.11 Å². The van der Waals surface area contributed by atoms with Crippen LogP contribution in [0.2, 0.25) is 18.1 Å². The van der Waals surface area contributed by atoms with Gasteiger partial charge in [0, 0.05) is 12.0 Å². The van der Waals surface area contributed by atoms with Crippen molar-refractivity contribution in [2.24, 2.45) is 5.11 Å². The largest absolute Gasteiger partial charge is 0.411 e. The zero-order valence-corrected chi connectivity index (χ0v) is 14.9. The number of azide groups is 1. The number of aliphatic hydroxyl groups is 1.